The fourth-order valence-electron chi connectivity index (χ4n) is 1.40. The molecule has 0 aliphatic rings. The molecule has 0 aromatic carbocycles. The predicted molar refractivity (Wildman–Crippen MR) is 64.6 cm³/mol. The summed E-state index contributed by atoms with van der Waals surface area (Å²) in [5.41, 5.74) is 0.880. The molecular formula is C12H16N2O4. The lowest BCUT2D eigenvalue weighted by atomic mass is 10.2. The molecule has 0 saturated carbocycles. The van der Waals surface area contributed by atoms with E-state index in [0.29, 0.717) is 18.0 Å². The summed E-state index contributed by atoms with van der Waals surface area (Å²) in [6.45, 7) is 2.14. The molecule has 0 radical (unpaired) electrons. The van der Waals surface area contributed by atoms with E-state index in [9.17, 15) is 9.59 Å². The standard InChI is InChI=1S/C12H16N2O4/c1-9(15)11-5-3-4-10(13-11)8-14(12(16)17)6-7-18-2/h3-5H,6-8H2,1-2H3,(H,16,17). The van der Waals surface area contributed by atoms with Crippen LogP contribution in [0.3, 0.4) is 0 Å². The average Bonchev–Trinajstić information content (AvgIpc) is 2.34. The first kappa shape index (κ1) is 14.1. The van der Waals surface area contributed by atoms with E-state index in [1.807, 2.05) is 0 Å². The topological polar surface area (TPSA) is 79.7 Å². The second-order valence-corrected chi connectivity index (χ2v) is 3.77. The smallest absolute Gasteiger partial charge is 0.407 e. The van der Waals surface area contributed by atoms with E-state index in [-0.39, 0.29) is 18.9 Å². The Morgan fingerprint density at radius 1 is 1.44 bits per heavy atom. The number of pyridine rings is 1. The van der Waals surface area contributed by atoms with Crippen molar-refractivity contribution in [3.05, 3.63) is 29.6 Å². The number of aromatic nitrogens is 1. The third kappa shape index (κ3) is 4.14. The van der Waals surface area contributed by atoms with Crippen molar-refractivity contribution < 1.29 is 19.4 Å². The second kappa shape index (κ2) is 6.70. The van der Waals surface area contributed by atoms with Crippen molar-refractivity contribution in [2.45, 2.75) is 13.5 Å². The van der Waals surface area contributed by atoms with Crippen LogP contribution >= 0.6 is 0 Å². The number of carbonyl (C=O) groups is 2. The third-order valence-electron chi connectivity index (χ3n) is 2.36. The van der Waals surface area contributed by atoms with E-state index in [0.717, 1.165) is 0 Å². The van der Waals surface area contributed by atoms with Gasteiger partial charge in [0.1, 0.15) is 5.69 Å². The van der Waals surface area contributed by atoms with Crippen LogP contribution in [0.1, 0.15) is 23.1 Å². The molecule has 1 aromatic heterocycles. The van der Waals surface area contributed by atoms with Gasteiger partial charge in [0.15, 0.2) is 5.78 Å². The number of hydrogen-bond donors (Lipinski definition) is 1. The van der Waals surface area contributed by atoms with E-state index in [1.54, 1.807) is 18.2 Å². The Kier molecular flexibility index (Phi) is 5.26. The molecule has 0 aliphatic heterocycles. The second-order valence-electron chi connectivity index (χ2n) is 3.77. The molecule has 0 bridgehead atoms. The van der Waals surface area contributed by atoms with Gasteiger partial charge in [0.2, 0.25) is 0 Å². The molecule has 98 valence electrons. The van der Waals surface area contributed by atoms with E-state index < -0.39 is 6.09 Å². The first-order chi connectivity index (χ1) is 8.54. The van der Waals surface area contributed by atoms with Gasteiger partial charge in [-0.2, -0.15) is 0 Å². The number of carbonyl (C=O) groups excluding carboxylic acids is 1. The minimum Gasteiger partial charge on any atom is -0.465 e. The van der Waals surface area contributed by atoms with Crippen molar-refractivity contribution in [1.82, 2.24) is 9.88 Å². The quantitative estimate of drug-likeness (QED) is 0.774. The van der Waals surface area contributed by atoms with Crippen LogP contribution in [0.25, 0.3) is 0 Å². The van der Waals surface area contributed by atoms with Gasteiger partial charge < -0.3 is 14.7 Å². The van der Waals surface area contributed by atoms with Crippen LogP contribution in [-0.2, 0) is 11.3 Å². The number of carboxylic acid groups (broad SMARTS) is 1. The molecule has 1 rings (SSSR count). The Morgan fingerprint density at radius 3 is 2.72 bits per heavy atom. The van der Waals surface area contributed by atoms with Crippen LogP contribution in [0.5, 0.6) is 0 Å². The fraction of sp³-hybridized carbons (Fsp3) is 0.417. The van der Waals surface area contributed by atoms with Gasteiger partial charge in [-0.05, 0) is 12.1 Å². The molecule has 0 aliphatic carbocycles. The fourth-order valence-corrected chi connectivity index (χ4v) is 1.40. The van der Waals surface area contributed by atoms with Crippen LogP contribution in [0, 0.1) is 0 Å². The Hall–Kier alpha value is -1.95. The summed E-state index contributed by atoms with van der Waals surface area (Å²) in [6, 6.07) is 4.98. The van der Waals surface area contributed by atoms with Crippen LogP contribution in [-0.4, -0.2) is 47.1 Å². The van der Waals surface area contributed by atoms with Crippen molar-refractivity contribution >= 4 is 11.9 Å². The lowest BCUT2D eigenvalue weighted by Gasteiger charge is -2.18. The van der Waals surface area contributed by atoms with Crippen molar-refractivity contribution in [1.29, 1.82) is 0 Å². The molecule has 1 heterocycles. The minimum atomic E-state index is -1.04. The summed E-state index contributed by atoms with van der Waals surface area (Å²) in [5.74, 6) is -0.143. The first-order valence-corrected chi connectivity index (χ1v) is 5.48. The van der Waals surface area contributed by atoms with Crippen LogP contribution in [0.4, 0.5) is 4.79 Å². The van der Waals surface area contributed by atoms with Crippen molar-refractivity contribution in [3.63, 3.8) is 0 Å². The summed E-state index contributed by atoms with van der Waals surface area (Å²) in [5, 5.41) is 9.02. The highest BCUT2D eigenvalue weighted by Crippen LogP contribution is 2.05. The molecule has 0 fully saturated rings. The van der Waals surface area contributed by atoms with Gasteiger partial charge in [0.25, 0.3) is 0 Å². The molecule has 1 N–H and O–H groups in total. The molecule has 0 unspecified atom stereocenters. The minimum absolute atomic E-state index is 0.139. The number of rotatable bonds is 6. The highest BCUT2D eigenvalue weighted by molar-refractivity contribution is 5.92. The third-order valence-corrected chi connectivity index (χ3v) is 2.36. The van der Waals surface area contributed by atoms with Gasteiger partial charge in [-0.15, -0.1) is 0 Å². The highest BCUT2D eigenvalue weighted by atomic mass is 16.5. The first-order valence-electron chi connectivity index (χ1n) is 5.48. The number of ether oxygens (including phenoxy) is 1. The highest BCUT2D eigenvalue weighted by Gasteiger charge is 2.13. The van der Waals surface area contributed by atoms with E-state index in [1.165, 1.54) is 18.9 Å². The normalized spacial score (nSPS) is 10.1. The number of methoxy groups -OCH3 is 1. The number of amides is 1. The predicted octanol–water partition coefficient (Wildman–Crippen LogP) is 1.41. The molecule has 1 aromatic rings. The van der Waals surface area contributed by atoms with Crippen molar-refractivity contribution in [2.24, 2.45) is 0 Å². The summed E-state index contributed by atoms with van der Waals surface area (Å²) in [4.78, 5) is 27.5. The average molecular weight is 252 g/mol. The van der Waals surface area contributed by atoms with Gasteiger partial charge in [-0.3, -0.25) is 4.79 Å². The molecule has 6 nitrogen and oxygen atoms in total. The van der Waals surface area contributed by atoms with Crippen LogP contribution in [0.15, 0.2) is 18.2 Å². The Morgan fingerprint density at radius 2 is 2.17 bits per heavy atom. The summed E-state index contributed by atoms with van der Waals surface area (Å²) in [7, 11) is 1.51. The van der Waals surface area contributed by atoms with E-state index >= 15 is 0 Å². The van der Waals surface area contributed by atoms with Gasteiger partial charge in [-0.1, -0.05) is 6.07 Å². The maximum Gasteiger partial charge on any atom is 0.407 e. The van der Waals surface area contributed by atoms with Crippen molar-refractivity contribution in [2.75, 3.05) is 20.3 Å². The molecule has 0 spiro atoms. The summed E-state index contributed by atoms with van der Waals surface area (Å²) >= 11 is 0. The monoisotopic (exact) mass is 252 g/mol. The van der Waals surface area contributed by atoms with Gasteiger partial charge in [0.05, 0.1) is 18.8 Å². The zero-order valence-electron chi connectivity index (χ0n) is 10.4. The Balaban J connectivity index is 2.77. The Labute approximate surface area is 105 Å². The van der Waals surface area contributed by atoms with Gasteiger partial charge >= 0.3 is 6.09 Å². The summed E-state index contributed by atoms with van der Waals surface area (Å²) in [6.07, 6.45) is -1.04. The SMILES string of the molecule is COCCN(Cc1cccc(C(C)=O)n1)C(=O)O. The van der Waals surface area contributed by atoms with Crippen LogP contribution < -0.4 is 0 Å². The molecule has 18 heavy (non-hydrogen) atoms. The number of nitrogens with zero attached hydrogens (tertiary/aromatic N) is 2. The molecule has 0 saturated heterocycles. The number of Topliss-reactive ketones (excluding diaryl/α,β-unsaturated/α-hetero) is 1. The Bertz CT molecular complexity index is 434. The molecule has 6 heteroatoms. The van der Waals surface area contributed by atoms with Gasteiger partial charge in [0, 0.05) is 20.6 Å². The maximum absolute atomic E-state index is 11.2. The van der Waals surface area contributed by atoms with E-state index in [2.05, 4.69) is 4.98 Å². The van der Waals surface area contributed by atoms with Crippen LogP contribution in [0.2, 0.25) is 0 Å². The van der Waals surface area contributed by atoms with E-state index in [4.69, 9.17) is 9.84 Å². The zero-order valence-corrected chi connectivity index (χ0v) is 10.4. The molecule has 1 amide bonds. The lowest BCUT2D eigenvalue weighted by molar-refractivity contribution is 0.101. The van der Waals surface area contributed by atoms with Gasteiger partial charge in [-0.25, -0.2) is 9.78 Å². The largest absolute Gasteiger partial charge is 0.465 e. The molecular weight excluding hydrogens is 236 g/mol. The number of ketones is 1. The summed E-state index contributed by atoms with van der Waals surface area (Å²) < 4.78 is 4.84. The lowest BCUT2D eigenvalue weighted by Crippen LogP contribution is -2.32. The molecule has 0 atom stereocenters. The maximum atomic E-state index is 11.2. The zero-order chi connectivity index (χ0) is 13.5. The number of hydrogen-bond acceptors (Lipinski definition) is 4. The van der Waals surface area contributed by atoms with Crippen molar-refractivity contribution in [3.8, 4) is 0 Å².